The zero-order valence-corrected chi connectivity index (χ0v) is 10.0. The Morgan fingerprint density at radius 1 is 1.33 bits per heavy atom. The van der Waals surface area contributed by atoms with Gasteiger partial charge in [0.25, 0.3) is 0 Å². The van der Waals surface area contributed by atoms with Crippen molar-refractivity contribution < 1.29 is 19.1 Å². The Morgan fingerprint density at radius 2 is 2.06 bits per heavy atom. The number of hydrogen-bond acceptors (Lipinski definition) is 4. The van der Waals surface area contributed by atoms with E-state index in [2.05, 4.69) is 4.74 Å². The van der Waals surface area contributed by atoms with Crippen molar-refractivity contribution in [2.75, 3.05) is 18.1 Å². The van der Waals surface area contributed by atoms with Crippen molar-refractivity contribution >= 4 is 23.3 Å². The van der Waals surface area contributed by atoms with Crippen molar-refractivity contribution in [1.82, 2.24) is 0 Å². The van der Waals surface area contributed by atoms with Gasteiger partial charge in [-0.05, 0) is 11.6 Å². The molecule has 0 bridgehead atoms. The molecule has 1 heterocycles. The molecule has 1 aliphatic rings. The summed E-state index contributed by atoms with van der Waals surface area (Å²) in [5.41, 5.74) is 1.68. The SMILES string of the molecule is CC(=O)OCC(=O)CN1C(=O)Cc2ccccc21. The number of para-hydroxylation sites is 1. The Labute approximate surface area is 104 Å². The summed E-state index contributed by atoms with van der Waals surface area (Å²) >= 11 is 0. The maximum Gasteiger partial charge on any atom is 0.303 e. The number of benzene rings is 1. The quantitative estimate of drug-likeness (QED) is 0.735. The normalized spacial score (nSPS) is 13.4. The molecule has 0 aliphatic carbocycles. The van der Waals surface area contributed by atoms with Gasteiger partial charge in [0.2, 0.25) is 5.91 Å². The van der Waals surface area contributed by atoms with Gasteiger partial charge < -0.3 is 9.64 Å². The number of anilines is 1. The van der Waals surface area contributed by atoms with Crippen LogP contribution in [0.1, 0.15) is 12.5 Å². The molecular formula is C13H13NO4. The third kappa shape index (κ3) is 2.56. The third-order valence-electron chi connectivity index (χ3n) is 2.70. The monoisotopic (exact) mass is 247 g/mol. The minimum atomic E-state index is -0.503. The van der Waals surface area contributed by atoms with Gasteiger partial charge in [0.15, 0.2) is 12.4 Å². The van der Waals surface area contributed by atoms with Crippen LogP contribution in [-0.2, 0) is 25.5 Å². The summed E-state index contributed by atoms with van der Waals surface area (Å²) in [5, 5.41) is 0. The van der Waals surface area contributed by atoms with Crippen molar-refractivity contribution in [1.29, 1.82) is 0 Å². The summed E-state index contributed by atoms with van der Waals surface area (Å²) < 4.78 is 4.61. The Hall–Kier alpha value is -2.17. The number of hydrogen-bond donors (Lipinski definition) is 0. The number of esters is 1. The van der Waals surface area contributed by atoms with Gasteiger partial charge in [-0.2, -0.15) is 0 Å². The standard InChI is InChI=1S/C13H13NO4/c1-9(15)18-8-11(16)7-14-12-5-3-2-4-10(12)6-13(14)17/h2-5H,6-8H2,1H3. The molecule has 0 saturated carbocycles. The molecule has 1 aliphatic heterocycles. The van der Waals surface area contributed by atoms with Crippen molar-refractivity contribution in [3.05, 3.63) is 29.8 Å². The average molecular weight is 247 g/mol. The summed E-state index contributed by atoms with van der Waals surface area (Å²) in [6.45, 7) is 0.897. The molecule has 18 heavy (non-hydrogen) atoms. The van der Waals surface area contributed by atoms with E-state index in [-0.39, 0.29) is 24.8 Å². The lowest BCUT2D eigenvalue weighted by molar-refractivity contribution is -0.145. The van der Waals surface area contributed by atoms with Gasteiger partial charge >= 0.3 is 5.97 Å². The van der Waals surface area contributed by atoms with Crippen LogP contribution < -0.4 is 4.90 Å². The van der Waals surface area contributed by atoms with Crippen LogP contribution in [0.5, 0.6) is 0 Å². The Morgan fingerprint density at radius 3 is 2.78 bits per heavy atom. The number of amides is 1. The van der Waals surface area contributed by atoms with Gasteiger partial charge in [-0.15, -0.1) is 0 Å². The fourth-order valence-electron chi connectivity index (χ4n) is 1.89. The highest BCUT2D eigenvalue weighted by atomic mass is 16.5. The smallest absolute Gasteiger partial charge is 0.303 e. The van der Waals surface area contributed by atoms with E-state index >= 15 is 0 Å². The number of rotatable bonds is 4. The highest BCUT2D eigenvalue weighted by molar-refractivity contribution is 6.05. The summed E-state index contributed by atoms with van der Waals surface area (Å²) in [6, 6.07) is 7.35. The van der Waals surface area contributed by atoms with E-state index in [4.69, 9.17) is 0 Å². The summed E-state index contributed by atoms with van der Waals surface area (Å²) in [6.07, 6.45) is 0.316. The molecule has 0 aromatic heterocycles. The Kier molecular flexibility index (Phi) is 3.41. The maximum absolute atomic E-state index is 11.8. The second-order valence-electron chi connectivity index (χ2n) is 4.10. The molecule has 0 atom stereocenters. The molecule has 2 rings (SSSR count). The molecule has 0 spiro atoms. The fraction of sp³-hybridized carbons (Fsp3) is 0.308. The summed E-state index contributed by atoms with van der Waals surface area (Å²) in [7, 11) is 0. The molecule has 0 saturated heterocycles. The first-order valence-corrected chi connectivity index (χ1v) is 5.61. The first kappa shape index (κ1) is 12.3. The van der Waals surface area contributed by atoms with Crippen molar-refractivity contribution in [3.8, 4) is 0 Å². The number of Topliss-reactive ketones (excluding diaryl/α,β-unsaturated/α-hetero) is 1. The predicted molar refractivity (Wildman–Crippen MR) is 64.1 cm³/mol. The van der Waals surface area contributed by atoms with E-state index in [1.54, 1.807) is 6.07 Å². The first-order valence-electron chi connectivity index (χ1n) is 5.61. The van der Waals surface area contributed by atoms with E-state index in [1.807, 2.05) is 18.2 Å². The molecule has 1 amide bonds. The van der Waals surface area contributed by atoms with Crippen LogP contribution in [0.2, 0.25) is 0 Å². The van der Waals surface area contributed by atoms with Crippen LogP contribution in [0.25, 0.3) is 0 Å². The number of ether oxygens (including phenoxy) is 1. The molecular weight excluding hydrogens is 234 g/mol. The number of ketones is 1. The van der Waals surface area contributed by atoms with Gasteiger partial charge in [0.05, 0.1) is 13.0 Å². The number of nitrogens with zero attached hydrogens (tertiary/aromatic N) is 1. The minimum absolute atomic E-state index is 0.0525. The summed E-state index contributed by atoms with van der Waals surface area (Å²) in [5.74, 6) is -0.904. The molecule has 0 radical (unpaired) electrons. The number of fused-ring (bicyclic) bond motifs is 1. The van der Waals surface area contributed by atoms with E-state index in [9.17, 15) is 14.4 Å². The highest BCUT2D eigenvalue weighted by Crippen LogP contribution is 2.27. The lowest BCUT2D eigenvalue weighted by Crippen LogP contribution is -2.34. The molecule has 94 valence electrons. The van der Waals surface area contributed by atoms with Crippen molar-refractivity contribution in [2.24, 2.45) is 0 Å². The van der Waals surface area contributed by atoms with E-state index in [1.165, 1.54) is 11.8 Å². The van der Waals surface area contributed by atoms with Crippen LogP contribution >= 0.6 is 0 Å². The first-order chi connectivity index (χ1) is 8.58. The van der Waals surface area contributed by atoms with E-state index < -0.39 is 5.97 Å². The molecule has 0 N–H and O–H groups in total. The highest BCUT2D eigenvalue weighted by Gasteiger charge is 2.28. The van der Waals surface area contributed by atoms with Gasteiger partial charge in [0, 0.05) is 12.6 Å². The minimum Gasteiger partial charge on any atom is -0.458 e. The second kappa shape index (κ2) is 5.00. The van der Waals surface area contributed by atoms with Crippen molar-refractivity contribution in [3.63, 3.8) is 0 Å². The van der Waals surface area contributed by atoms with Crippen LogP contribution in [0.3, 0.4) is 0 Å². The molecule has 1 aromatic carbocycles. The van der Waals surface area contributed by atoms with Gasteiger partial charge in [-0.3, -0.25) is 14.4 Å². The molecule has 5 nitrogen and oxygen atoms in total. The zero-order valence-electron chi connectivity index (χ0n) is 10.0. The van der Waals surface area contributed by atoms with Crippen LogP contribution in [0, 0.1) is 0 Å². The van der Waals surface area contributed by atoms with Gasteiger partial charge in [0.1, 0.15) is 0 Å². The molecule has 0 unspecified atom stereocenters. The number of carbonyl (C=O) groups is 3. The van der Waals surface area contributed by atoms with E-state index in [0.717, 1.165) is 11.3 Å². The van der Waals surface area contributed by atoms with Gasteiger partial charge in [-0.1, -0.05) is 18.2 Å². The van der Waals surface area contributed by atoms with E-state index in [0.29, 0.717) is 6.42 Å². The zero-order chi connectivity index (χ0) is 13.1. The summed E-state index contributed by atoms with van der Waals surface area (Å²) in [4.78, 5) is 35.4. The van der Waals surface area contributed by atoms with Crippen molar-refractivity contribution in [2.45, 2.75) is 13.3 Å². The van der Waals surface area contributed by atoms with Crippen LogP contribution in [-0.4, -0.2) is 30.8 Å². The maximum atomic E-state index is 11.8. The van der Waals surface area contributed by atoms with Crippen LogP contribution in [0.15, 0.2) is 24.3 Å². The molecule has 5 heteroatoms. The second-order valence-corrected chi connectivity index (χ2v) is 4.10. The lowest BCUT2D eigenvalue weighted by atomic mass is 10.2. The Balaban J connectivity index is 2.04. The largest absolute Gasteiger partial charge is 0.458 e. The predicted octanol–water partition coefficient (Wildman–Crippen LogP) is 0.708. The molecule has 0 fully saturated rings. The lowest BCUT2D eigenvalue weighted by Gasteiger charge is -2.16. The fourth-order valence-corrected chi connectivity index (χ4v) is 1.89. The Bertz CT molecular complexity index is 509. The van der Waals surface area contributed by atoms with Gasteiger partial charge in [-0.25, -0.2) is 0 Å². The molecule has 1 aromatic rings. The van der Waals surface area contributed by atoms with Crippen LogP contribution in [0.4, 0.5) is 5.69 Å². The third-order valence-corrected chi connectivity index (χ3v) is 2.70. The topological polar surface area (TPSA) is 63.7 Å². The average Bonchev–Trinajstić information content (AvgIpc) is 2.64. The number of carbonyl (C=O) groups excluding carboxylic acids is 3.